The molecule has 20 heavy (non-hydrogen) atoms. The van der Waals surface area contributed by atoms with Crippen molar-refractivity contribution in [3.63, 3.8) is 0 Å². The van der Waals surface area contributed by atoms with E-state index in [4.69, 9.17) is 5.11 Å². The largest absolute Gasteiger partial charge is 0.481 e. The zero-order valence-corrected chi connectivity index (χ0v) is 12.9. The summed E-state index contributed by atoms with van der Waals surface area (Å²) in [6.07, 6.45) is 11.3. The minimum absolute atomic E-state index is 0.285. The van der Waals surface area contributed by atoms with Gasteiger partial charge in [-0.05, 0) is 19.3 Å². The number of carbonyl (C=O) groups is 1. The van der Waals surface area contributed by atoms with Gasteiger partial charge in [0, 0.05) is 19.3 Å². The van der Waals surface area contributed by atoms with E-state index in [2.05, 4.69) is 0 Å². The fourth-order valence-corrected chi connectivity index (χ4v) is 2.33. The minimum Gasteiger partial charge on any atom is -0.481 e. The highest BCUT2D eigenvalue weighted by Gasteiger charge is 2.20. The molecule has 0 amide bonds. The number of aliphatic carboxylic acids is 1. The van der Waals surface area contributed by atoms with Gasteiger partial charge in [0.2, 0.25) is 0 Å². The molecular formula is C16H32O4. The van der Waals surface area contributed by atoms with Gasteiger partial charge in [-0.25, -0.2) is 0 Å². The molecule has 0 aliphatic rings. The van der Waals surface area contributed by atoms with Gasteiger partial charge in [0.05, 0.1) is 0 Å². The lowest BCUT2D eigenvalue weighted by Crippen LogP contribution is -2.27. The summed E-state index contributed by atoms with van der Waals surface area (Å²) in [6.45, 7) is 2.05. The van der Waals surface area contributed by atoms with Gasteiger partial charge in [-0.1, -0.05) is 51.9 Å². The molecule has 4 nitrogen and oxygen atoms in total. The summed E-state index contributed by atoms with van der Waals surface area (Å²) in [5.41, 5.74) is 0. The predicted octanol–water partition coefficient (Wildman–Crippen LogP) is 3.84. The van der Waals surface area contributed by atoms with Gasteiger partial charge in [0.25, 0.3) is 0 Å². The highest BCUT2D eigenvalue weighted by atomic mass is 16.5. The molecule has 0 aromatic rings. The smallest absolute Gasteiger partial charge is 0.303 e. The normalized spacial score (nSPS) is 11.8. The van der Waals surface area contributed by atoms with E-state index >= 15 is 0 Å². The van der Waals surface area contributed by atoms with Gasteiger partial charge < -0.3 is 15.3 Å². The van der Waals surface area contributed by atoms with E-state index in [-0.39, 0.29) is 6.42 Å². The Kier molecular flexibility index (Phi) is 11.8. The van der Waals surface area contributed by atoms with Crippen LogP contribution in [0.4, 0.5) is 0 Å². The van der Waals surface area contributed by atoms with Gasteiger partial charge in [-0.3, -0.25) is 4.79 Å². The Morgan fingerprint density at radius 2 is 1.25 bits per heavy atom. The first kappa shape index (κ1) is 19.4. The number of aliphatic hydroxyl groups is 2. The average Bonchev–Trinajstić information content (AvgIpc) is 2.38. The summed E-state index contributed by atoms with van der Waals surface area (Å²) in [6, 6.07) is 0. The molecule has 0 radical (unpaired) electrons. The van der Waals surface area contributed by atoms with Crippen LogP contribution in [0.15, 0.2) is 0 Å². The Morgan fingerprint density at radius 1 is 0.800 bits per heavy atom. The summed E-state index contributed by atoms with van der Waals surface area (Å²) in [5.74, 6) is -2.17. The van der Waals surface area contributed by atoms with E-state index in [1.54, 1.807) is 0 Å². The first-order valence-corrected chi connectivity index (χ1v) is 8.14. The summed E-state index contributed by atoms with van der Waals surface area (Å²) in [5, 5.41) is 27.9. The third-order valence-corrected chi connectivity index (χ3v) is 3.65. The van der Waals surface area contributed by atoms with Crippen LogP contribution >= 0.6 is 0 Å². The van der Waals surface area contributed by atoms with E-state index in [0.717, 1.165) is 64.2 Å². The van der Waals surface area contributed by atoms with E-state index in [1.165, 1.54) is 0 Å². The SMILES string of the molecule is CCCCC(O)(O)CCCCCCCCCCC(=O)O. The number of carboxylic acids is 1. The number of hydrogen-bond donors (Lipinski definition) is 3. The van der Waals surface area contributed by atoms with Crippen molar-refractivity contribution in [2.75, 3.05) is 0 Å². The number of unbranched alkanes of at least 4 members (excludes halogenated alkanes) is 8. The average molecular weight is 288 g/mol. The Hall–Kier alpha value is -0.610. The molecule has 120 valence electrons. The Bertz CT molecular complexity index is 239. The van der Waals surface area contributed by atoms with Crippen molar-refractivity contribution >= 4 is 5.97 Å². The zero-order valence-electron chi connectivity index (χ0n) is 12.9. The molecule has 0 aromatic heterocycles. The molecule has 3 N–H and O–H groups in total. The summed E-state index contributed by atoms with van der Waals surface area (Å²) < 4.78 is 0. The summed E-state index contributed by atoms with van der Waals surface area (Å²) in [7, 11) is 0. The zero-order chi connectivity index (χ0) is 15.3. The van der Waals surface area contributed by atoms with E-state index in [0.29, 0.717) is 12.8 Å². The Morgan fingerprint density at radius 3 is 1.75 bits per heavy atom. The van der Waals surface area contributed by atoms with Gasteiger partial charge in [-0.15, -0.1) is 0 Å². The molecule has 0 aliphatic heterocycles. The Balaban J connectivity index is 3.26. The third kappa shape index (κ3) is 13.8. The van der Waals surface area contributed by atoms with Crippen LogP contribution in [-0.2, 0) is 4.79 Å². The molecule has 0 aliphatic carbocycles. The number of hydrogen-bond acceptors (Lipinski definition) is 3. The fraction of sp³-hybridized carbons (Fsp3) is 0.938. The molecule has 0 saturated heterocycles. The second kappa shape index (κ2) is 12.2. The minimum atomic E-state index is -1.47. The van der Waals surface area contributed by atoms with Crippen molar-refractivity contribution in [3.8, 4) is 0 Å². The molecule has 0 spiro atoms. The van der Waals surface area contributed by atoms with Crippen molar-refractivity contribution in [2.24, 2.45) is 0 Å². The molecule has 0 rings (SSSR count). The number of carboxylic acid groups (broad SMARTS) is 1. The first-order chi connectivity index (χ1) is 9.48. The summed E-state index contributed by atoms with van der Waals surface area (Å²) >= 11 is 0. The Labute approximate surface area is 123 Å². The van der Waals surface area contributed by atoms with Gasteiger partial charge >= 0.3 is 5.97 Å². The second-order valence-electron chi connectivity index (χ2n) is 5.81. The highest BCUT2D eigenvalue weighted by Crippen LogP contribution is 2.19. The molecule has 0 fully saturated rings. The van der Waals surface area contributed by atoms with Crippen molar-refractivity contribution in [1.82, 2.24) is 0 Å². The highest BCUT2D eigenvalue weighted by molar-refractivity contribution is 5.66. The molecule has 0 bridgehead atoms. The maximum atomic E-state index is 10.3. The van der Waals surface area contributed by atoms with Crippen molar-refractivity contribution in [1.29, 1.82) is 0 Å². The van der Waals surface area contributed by atoms with Crippen LogP contribution in [0, 0.1) is 0 Å². The molecule has 0 aromatic carbocycles. The van der Waals surface area contributed by atoms with Crippen LogP contribution in [0.2, 0.25) is 0 Å². The lowest BCUT2D eigenvalue weighted by Gasteiger charge is -2.21. The van der Waals surface area contributed by atoms with Crippen LogP contribution in [0.5, 0.6) is 0 Å². The standard InChI is InChI=1S/C16H32O4/c1-2-3-13-16(19,20)14-11-9-7-5-4-6-8-10-12-15(17)18/h19-20H,2-14H2,1H3,(H,17,18). The topological polar surface area (TPSA) is 77.8 Å². The van der Waals surface area contributed by atoms with E-state index in [9.17, 15) is 15.0 Å². The maximum absolute atomic E-state index is 10.3. The van der Waals surface area contributed by atoms with E-state index in [1.807, 2.05) is 6.92 Å². The molecule has 0 unspecified atom stereocenters. The summed E-state index contributed by atoms with van der Waals surface area (Å²) in [4.78, 5) is 10.3. The second-order valence-corrected chi connectivity index (χ2v) is 5.81. The third-order valence-electron chi connectivity index (χ3n) is 3.65. The van der Waals surface area contributed by atoms with Crippen molar-refractivity contribution < 1.29 is 20.1 Å². The predicted molar refractivity (Wildman–Crippen MR) is 80.5 cm³/mol. The van der Waals surface area contributed by atoms with Crippen molar-refractivity contribution in [3.05, 3.63) is 0 Å². The molecular weight excluding hydrogens is 256 g/mol. The van der Waals surface area contributed by atoms with Crippen LogP contribution in [-0.4, -0.2) is 27.1 Å². The van der Waals surface area contributed by atoms with Gasteiger partial charge in [-0.2, -0.15) is 0 Å². The molecule has 0 saturated carbocycles. The first-order valence-electron chi connectivity index (χ1n) is 8.14. The van der Waals surface area contributed by atoms with Crippen LogP contribution < -0.4 is 0 Å². The molecule has 0 heterocycles. The molecule has 4 heteroatoms. The number of rotatable bonds is 14. The quantitative estimate of drug-likeness (QED) is 0.335. The molecule has 0 atom stereocenters. The van der Waals surface area contributed by atoms with Gasteiger partial charge in [0.15, 0.2) is 5.79 Å². The maximum Gasteiger partial charge on any atom is 0.303 e. The van der Waals surface area contributed by atoms with Gasteiger partial charge in [0.1, 0.15) is 0 Å². The van der Waals surface area contributed by atoms with Crippen LogP contribution in [0.25, 0.3) is 0 Å². The lowest BCUT2D eigenvalue weighted by atomic mass is 10.0. The lowest BCUT2D eigenvalue weighted by molar-refractivity contribution is -0.171. The van der Waals surface area contributed by atoms with Crippen molar-refractivity contribution in [2.45, 2.75) is 96.2 Å². The van der Waals surface area contributed by atoms with Crippen LogP contribution in [0.1, 0.15) is 90.4 Å². The van der Waals surface area contributed by atoms with Crippen LogP contribution in [0.3, 0.4) is 0 Å². The fourth-order valence-electron chi connectivity index (χ4n) is 2.33. The monoisotopic (exact) mass is 288 g/mol. The van der Waals surface area contributed by atoms with E-state index < -0.39 is 11.8 Å².